The number of methoxy groups -OCH3 is 1. The summed E-state index contributed by atoms with van der Waals surface area (Å²) in [5.74, 6) is 2.44. The fourth-order valence-electron chi connectivity index (χ4n) is 3.78. The summed E-state index contributed by atoms with van der Waals surface area (Å²) in [5.41, 5.74) is 2.94. The Hall–Kier alpha value is -3.35. The summed E-state index contributed by atoms with van der Waals surface area (Å²) >= 11 is 0. The first kappa shape index (κ1) is 20.9. The van der Waals surface area contributed by atoms with Crippen LogP contribution >= 0.6 is 0 Å². The van der Waals surface area contributed by atoms with E-state index in [0.29, 0.717) is 30.7 Å². The number of amides is 2. The predicted molar refractivity (Wildman–Crippen MR) is 119 cm³/mol. The van der Waals surface area contributed by atoms with Crippen LogP contribution in [-0.2, 0) is 0 Å². The molecular formula is C24H28N4O3. The summed E-state index contributed by atoms with van der Waals surface area (Å²) in [6.45, 7) is 5.59. The number of piperidine rings is 1. The molecule has 2 heterocycles. The van der Waals surface area contributed by atoms with Gasteiger partial charge in [-0.3, -0.25) is 0 Å². The Balaban J connectivity index is 1.40. The van der Waals surface area contributed by atoms with E-state index in [1.54, 1.807) is 12.0 Å². The van der Waals surface area contributed by atoms with Crippen LogP contribution in [0.15, 0.2) is 53.1 Å². The molecule has 1 aliphatic heterocycles. The van der Waals surface area contributed by atoms with E-state index >= 15 is 0 Å². The van der Waals surface area contributed by atoms with Gasteiger partial charge in [0.25, 0.3) is 0 Å². The molecule has 2 aromatic carbocycles. The highest BCUT2D eigenvalue weighted by atomic mass is 16.5. The van der Waals surface area contributed by atoms with E-state index in [4.69, 9.17) is 9.26 Å². The molecule has 0 saturated carbocycles. The second-order valence-electron chi connectivity index (χ2n) is 8.18. The molecule has 1 aromatic heterocycles. The van der Waals surface area contributed by atoms with Gasteiger partial charge in [-0.25, -0.2) is 4.79 Å². The molecular weight excluding hydrogens is 392 g/mol. The van der Waals surface area contributed by atoms with E-state index < -0.39 is 0 Å². The summed E-state index contributed by atoms with van der Waals surface area (Å²) in [7, 11) is 1.62. The molecule has 1 aliphatic rings. The molecule has 3 aromatic rings. The topological polar surface area (TPSA) is 80.5 Å². The third-order valence-electron chi connectivity index (χ3n) is 5.68. The molecule has 4 rings (SSSR count). The van der Waals surface area contributed by atoms with Crippen molar-refractivity contribution in [1.82, 2.24) is 15.0 Å². The highest BCUT2D eigenvalue weighted by molar-refractivity contribution is 5.89. The Bertz CT molecular complexity index is 1010. The van der Waals surface area contributed by atoms with Gasteiger partial charge in [0.2, 0.25) is 11.7 Å². The number of likely N-dealkylation sites (tertiary alicyclic amines) is 1. The summed E-state index contributed by atoms with van der Waals surface area (Å²) in [5, 5.41) is 7.12. The number of hydrogen-bond donors (Lipinski definition) is 1. The minimum absolute atomic E-state index is 0.0338. The molecule has 0 unspecified atom stereocenters. The lowest BCUT2D eigenvalue weighted by molar-refractivity contribution is 0.184. The normalized spacial score (nSPS) is 16.4. The molecule has 2 amide bonds. The maximum Gasteiger partial charge on any atom is 0.321 e. The third kappa shape index (κ3) is 4.87. The molecule has 162 valence electrons. The first-order valence-corrected chi connectivity index (χ1v) is 10.7. The predicted octanol–water partition coefficient (Wildman–Crippen LogP) is 5.28. The summed E-state index contributed by atoms with van der Waals surface area (Å²) < 4.78 is 10.7. The van der Waals surface area contributed by atoms with Crippen molar-refractivity contribution >= 4 is 11.7 Å². The number of anilines is 1. The maximum absolute atomic E-state index is 12.7. The molecule has 1 fully saturated rings. The fourth-order valence-corrected chi connectivity index (χ4v) is 3.78. The number of carbonyl (C=O) groups excluding carboxylic acids is 1. The smallest absolute Gasteiger partial charge is 0.321 e. The van der Waals surface area contributed by atoms with Crippen LogP contribution in [0.2, 0.25) is 0 Å². The quantitative estimate of drug-likeness (QED) is 0.607. The van der Waals surface area contributed by atoms with Crippen LogP contribution in [-0.4, -0.2) is 41.3 Å². The van der Waals surface area contributed by atoms with E-state index in [2.05, 4.69) is 41.4 Å². The molecule has 7 heteroatoms. The average molecular weight is 421 g/mol. The number of carbonyl (C=O) groups is 1. The van der Waals surface area contributed by atoms with Gasteiger partial charge >= 0.3 is 6.03 Å². The van der Waals surface area contributed by atoms with Crippen molar-refractivity contribution in [2.45, 2.75) is 38.5 Å². The summed E-state index contributed by atoms with van der Waals surface area (Å²) in [4.78, 5) is 19.2. The first-order valence-electron chi connectivity index (χ1n) is 10.7. The Kier molecular flexibility index (Phi) is 6.21. The van der Waals surface area contributed by atoms with Crippen LogP contribution in [0.25, 0.3) is 11.4 Å². The van der Waals surface area contributed by atoms with Gasteiger partial charge in [0.1, 0.15) is 5.75 Å². The fraction of sp³-hybridized carbons (Fsp3) is 0.375. The van der Waals surface area contributed by atoms with Gasteiger partial charge in [-0.05, 0) is 48.6 Å². The Morgan fingerprint density at radius 2 is 1.90 bits per heavy atom. The first-order chi connectivity index (χ1) is 15.0. The van der Waals surface area contributed by atoms with Crippen molar-refractivity contribution in [3.8, 4) is 17.1 Å². The summed E-state index contributed by atoms with van der Waals surface area (Å²) in [6, 6.07) is 15.4. The van der Waals surface area contributed by atoms with Gasteiger partial charge < -0.3 is 19.5 Å². The SMILES string of the molecule is COc1ccc(NC(=O)N2CCC[C@H](c3nc(-c4ccc(C(C)C)cc4)no3)C2)cc1. The van der Waals surface area contributed by atoms with Gasteiger partial charge in [-0.1, -0.05) is 43.3 Å². The Morgan fingerprint density at radius 1 is 1.16 bits per heavy atom. The van der Waals surface area contributed by atoms with Gasteiger partial charge in [-0.2, -0.15) is 4.98 Å². The second kappa shape index (κ2) is 9.20. The van der Waals surface area contributed by atoms with E-state index in [-0.39, 0.29) is 11.9 Å². The van der Waals surface area contributed by atoms with Crippen molar-refractivity contribution in [2.75, 3.05) is 25.5 Å². The lowest BCUT2D eigenvalue weighted by atomic mass is 9.98. The van der Waals surface area contributed by atoms with Crippen molar-refractivity contribution in [2.24, 2.45) is 0 Å². The maximum atomic E-state index is 12.7. The number of nitrogens with zero attached hydrogens (tertiary/aromatic N) is 3. The van der Waals surface area contributed by atoms with Gasteiger partial charge in [0.05, 0.1) is 13.0 Å². The molecule has 0 aliphatic carbocycles. The Labute approximate surface area is 182 Å². The van der Waals surface area contributed by atoms with E-state index in [9.17, 15) is 4.79 Å². The largest absolute Gasteiger partial charge is 0.497 e. The number of rotatable bonds is 5. The molecule has 0 bridgehead atoms. The zero-order valence-corrected chi connectivity index (χ0v) is 18.2. The number of benzene rings is 2. The van der Waals surface area contributed by atoms with Crippen LogP contribution in [0.3, 0.4) is 0 Å². The van der Waals surface area contributed by atoms with E-state index in [1.807, 2.05) is 36.4 Å². The van der Waals surface area contributed by atoms with Crippen LogP contribution < -0.4 is 10.1 Å². The summed E-state index contributed by atoms with van der Waals surface area (Å²) in [6.07, 6.45) is 1.81. The highest BCUT2D eigenvalue weighted by Crippen LogP contribution is 2.28. The van der Waals surface area contributed by atoms with Crippen LogP contribution in [0, 0.1) is 0 Å². The average Bonchev–Trinajstić information content (AvgIpc) is 3.30. The molecule has 1 saturated heterocycles. The van der Waals surface area contributed by atoms with Gasteiger partial charge in [0.15, 0.2) is 0 Å². The molecule has 0 spiro atoms. The van der Waals surface area contributed by atoms with Gasteiger partial charge in [-0.15, -0.1) is 0 Å². The van der Waals surface area contributed by atoms with Crippen molar-refractivity contribution in [3.05, 3.63) is 60.0 Å². The number of urea groups is 1. The van der Waals surface area contributed by atoms with E-state index in [0.717, 1.165) is 29.8 Å². The third-order valence-corrected chi connectivity index (χ3v) is 5.68. The van der Waals surface area contributed by atoms with E-state index in [1.165, 1.54) is 5.56 Å². The zero-order valence-electron chi connectivity index (χ0n) is 18.2. The van der Waals surface area contributed by atoms with Crippen molar-refractivity contribution in [3.63, 3.8) is 0 Å². The second-order valence-corrected chi connectivity index (χ2v) is 8.18. The van der Waals surface area contributed by atoms with Crippen molar-refractivity contribution in [1.29, 1.82) is 0 Å². The van der Waals surface area contributed by atoms with Gasteiger partial charge in [0, 0.05) is 24.3 Å². The monoisotopic (exact) mass is 420 g/mol. The van der Waals surface area contributed by atoms with Crippen LogP contribution in [0.4, 0.5) is 10.5 Å². The lowest BCUT2D eigenvalue weighted by Gasteiger charge is -2.31. The number of hydrogen-bond acceptors (Lipinski definition) is 5. The lowest BCUT2D eigenvalue weighted by Crippen LogP contribution is -2.41. The molecule has 7 nitrogen and oxygen atoms in total. The minimum Gasteiger partial charge on any atom is -0.497 e. The molecule has 31 heavy (non-hydrogen) atoms. The Morgan fingerprint density at radius 3 is 2.58 bits per heavy atom. The van der Waals surface area contributed by atoms with Crippen LogP contribution in [0.1, 0.15) is 50.0 Å². The molecule has 1 N–H and O–H groups in total. The molecule has 0 radical (unpaired) electrons. The molecule has 1 atom stereocenters. The number of nitrogens with one attached hydrogen (secondary N) is 1. The zero-order chi connectivity index (χ0) is 21.8. The number of aromatic nitrogens is 2. The van der Waals surface area contributed by atoms with Crippen molar-refractivity contribution < 1.29 is 14.1 Å². The standard InChI is InChI=1S/C24H28N4O3/c1-16(2)17-6-8-18(9-7-17)22-26-23(31-27-22)19-5-4-14-28(15-19)24(29)25-20-10-12-21(30-3)13-11-20/h6-13,16,19H,4-5,14-15H2,1-3H3,(H,25,29)/t19-/m0/s1. The van der Waals surface area contributed by atoms with Crippen LogP contribution in [0.5, 0.6) is 5.75 Å². The number of ether oxygens (including phenoxy) is 1. The minimum atomic E-state index is -0.126. The highest BCUT2D eigenvalue weighted by Gasteiger charge is 2.29.